The second-order valence-electron chi connectivity index (χ2n) is 6.60. The van der Waals surface area contributed by atoms with Crippen LogP contribution in [0.3, 0.4) is 0 Å². The summed E-state index contributed by atoms with van der Waals surface area (Å²) in [5.74, 6) is 0. The summed E-state index contributed by atoms with van der Waals surface area (Å²) in [5, 5.41) is 0. The molecule has 0 bridgehead atoms. The Morgan fingerprint density at radius 2 is 0.880 bits per heavy atom. The second kappa shape index (κ2) is 9.21. The zero-order valence-corrected chi connectivity index (χ0v) is 17.8. The van der Waals surface area contributed by atoms with Crippen molar-refractivity contribution in [3.63, 3.8) is 0 Å². The first-order valence-electron chi connectivity index (χ1n) is 9.05. The molecule has 128 valence electrons. The molecule has 3 aromatic rings. The molecule has 0 amide bonds. The Morgan fingerprint density at radius 1 is 0.560 bits per heavy atom. The molecule has 25 heavy (non-hydrogen) atoms. The van der Waals surface area contributed by atoms with Crippen molar-refractivity contribution in [2.45, 2.75) is 20.2 Å². The van der Waals surface area contributed by atoms with Crippen LogP contribution in [0, 0.1) is 0 Å². The van der Waals surface area contributed by atoms with Gasteiger partial charge in [-0.3, -0.25) is 0 Å². The van der Waals surface area contributed by atoms with Gasteiger partial charge in [0.2, 0.25) is 0 Å². The molecule has 2 heteroatoms. The van der Waals surface area contributed by atoms with Gasteiger partial charge >= 0.3 is 156 Å². The molecule has 0 heterocycles. The van der Waals surface area contributed by atoms with E-state index in [4.69, 9.17) is 3.07 Å². The Kier molecular flexibility index (Phi) is 6.71. The van der Waals surface area contributed by atoms with Gasteiger partial charge in [-0.05, 0) is 0 Å². The van der Waals surface area contributed by atoms with E-state index in [0.29, 0.717) is 0 Å². The van der Waals surface area contributed by atoms with E-state index in [-0.39, 0.29) is 0 Å². The van der Waals surface area contributed by atoms with Crippen molar-refractivity contribution >= 4 is 18.8 Å². The summed E-state index contributed by atoms with van der Waals surface area (Å²) in [6.07, 6.45) is 0. The molecule has 0 atom stereocenters. The number of rotatable bonds is 8. The van der Waals surface area contributed by atoms with Gasteiger partial charge in [-0.1, -0.05) is 0 Å². The molecule has 0 fully saturated rings. The fourth-order valence-electron chi connectivity index (χ4n) is 3.55. The molecule has 0 spiro atoms. The van der Waals surface area contributed by atoms with Gasteiger partial charge in [-0.2, -0.15) is 0 Å². The maximum atomic E-state index is 6.65. The molecule has 0 aliphatic rings. The van der Waals surface area contributed by atoms with E-state index in [1.165, 1.54) is 16.7 Å². The van der Waals surface area contributed by atoms with Crippen LogP contribution >= 0.6 is 0 Å². The van der Waals surface area contributed by atoms with Crippen molar-refractivity contribution in [1.29, 1.82) is 0 Å². The van der Waals surface area contributed by atoms with Crippen molar-refractivity contribution in [3.8, 4) is 0 Å². The molecule has 0 aliphatic heterocycles. The van der Waals surface area contributed by atoms with Gasteiger partial charge in [-0.25, -0.2) is 0 Å². The normalized spacial score (nSPS) is 11.4. The van der Waals surface area contributed by atoms with E-state index in [0.717, 1.165) is 19.9 Å². The predicted octanol–water partition coefficient (Wildman–Crippen LogP) is 5.31. The van der Waals surface area contributed by atoms with Gasteiger partial charge in [0.15, 0.2) is 0 Å². The second-order valence-corrected chi connectivity index (χ2v) is 17.2. The monoisotopic (exact) mass is 438 g/mol. The van der Waals surface area contributed by atoms with Crippen molar-refractivity contribution in [3.05, 3.63) is 108 Å². The van der Waals surface area contributed by atoms with Gasteiger partial charge < -0.3 is 0 Å². The van der Waals surface area contributed by atoms with Crippen LogP contribution in [0.15, 0.2) is 91.0 Å². The predicted molar refractivity (Wildman–Crippen MR) is 108 cm³/mol. The van der Waals surface area contributed by atoms with Crippen molar-refractivity contribution in [2.75, 3.05) is 6.61 Å². The van der Waals surface area contributed by atoms with Crippen LogP contribution in [0.25, 0.3) is 0 Å². The Balaban J connectivity index is 1.94. The van der Waals surface area contributed by atoms with Crippen LogP contribution in [-0.4, -0.2) is 25.4 Å². The molecule has 1 nitrogen and oxygen atoms in total. The fourth-order valence-corrected chi connectivity index (χ4v) is 15.6. The van der Waals surface area contributed by atoms with Crippen LogP contribution < -0.4 is 0 Å². The van der Waals surface area contributed by atoms with Crippen molar-refractivity contribution < 1.29 is 3.07 Å². The van der Waals surface area contributed by atoms with Crippen LogP contribution in [0.2, 0.25) is 0 Å². The minimum atomic E-state index is -2.93. The molecule has 0 aliphatic carbocycles. The number of benzene rings is 3. The van der Waals surface area contributed by atoms with E-state index < -0.39 is 18.8 Å². The molecular weight excluding hydrogens is 411 g/mol. The molecule has 3 aromatic carbocycles. The van der Waals surface area contributed by atoms with Crippen molar-refractivity contribution in [1.82, 2.24) is 0 Å². The third kappa shape index (κ3) is 5.45. The van der Waals surface area contributed by atoms with Crippen LogP contribution in [-0.2, 0) is 16.4 Å². The van der Waals surface area contributed by atoms with Crippen molar-refractivity contribution in [2.24, 2.45) is 0 Å². The van der Waals surface area contributed by atoms with Gasteiger partial charge in [0.25, 0.3) is 0 Å². The fraction of sp³-hybridized carbons (Fsp3) is 0.217. The summed E-state index contributed by atoms with van der Waals surface area (Å²) in [6, 6.07) is 32.6. The Hall–Kier alpha value is -1.58. The summed E-state index contributed by atoms with van der Waals surface area (Å²) >= 11 is -2.93. The minimum absolute atomic E-state index is 0.808. The van der Waals surface area contributed by atoms with Crippen LogP contribution in [0.4, 0.5) is 0 Å². The summed E-state index contributed by atoms with van der Waals surface area (Å²) < 4.78 is 10.0. The molecule has 0 saturated heterocycles. The molecule has 0 aromatic heterocycles. The summed E-state index contributed by atoms with van der Waals surface area (Å²) in [6.45, 7) is 2.95. The van der Waals surface area contributed by atoms with E-state index in [1.54, 1.807) is 0 Å². The van der Waals surface area contributed by atoms with Gasteiger partial charge in [-0.15, -0.1) is 0 Å². The molecule has 0 N–H and O–H groups in total. The molecular formula is C23H26OSn. The zero-order chi connectivity index (χ0) is 17.4. The van der Waals surface area contributed by atoms with Crippen LogP contribution in [0.5, 0.6) is 0 Å². The maximum absolute atomic E-state index is 6.65. The van der Waals surface area contributed by atoms with Gasteiger partial charge in [0.1, 0.15) is 0 Å². The van der Waals surface area contributed by atoms with Gasteiger partial charge in [0, 0.05) is 0 Å². The average Bonchev–Trinajstić information content (AvgIpc) is 2.64. The first-order chi connectivity index (χ1) is 12.3. The zero-order valence-electron chi connectivity index (χ0n) is 14.9. The summed E-state index contributed by atoms with van der Waals surface area (Å²) in [7, 11) is 0. The number of hydrogen-bond donors (Lipinski definition) is 0. The van der Waals surface area contributed by atoms with E-state index in [9.17, 15) is 0 Å². The number of hydrogen-bond acceptors (Lipinski definition) is 1. The van der Waals surface area contributed by atoms with E-state index in [2.05, 4.69) is 97.9 Å². The first-order valence-corrected chi connectivity index (χ1v) is 16.3. The third-order valence-corrected chi connectivity index (χ3v) is 16.1. The standard InChI is InChI=1S/3C7H7.C2H5O.Sn/c3*1-7-5-3-2-4-6-7;1-2-3;/h3*2-6H,1H2;2H2,1H3;/q;;;-1;+1. The molecule has 0 saturated carbocycles. The SMILES string of the molecule is CC[O][Sn]([CH2]c1ccccc1)([CH2]c1ccccc1)[CH2]c1ccccc1. The van der Waals surface area contributed by atoms with Gasteiger partial charge in [0.05, 0.1) is 0 Å². The Bertz CT molecular complexity index is 639. The quantitative estimate of drug-likeness (QED) is 0.434. The van der Waals surface area contributed by atoms with E-state index >= 15 is 0 Å². The Labute approximate surface area is 156 Å². The Morgan fingerprint density at radius 3 is 1.16 bits per heavy atom. The third-order valence-electron chi connectivity index (χ3n) is 4.56. The van der Waals surface area contributed by atoms with Crippen LogP contribution in [0.1, 0.15) is 23.6 Å². The average molecular weight is 437 g/mol. The first kappa shape index (κ1) is 18.2. The summed E-state index contributed by atoms with van der Waals surface area (Å²) in [5.41, 5.74) is 4.25. The molecule has 0 radical (unpaired) electrons. The molecule has 0 unspecified atom stereocenters. The van der Waals surface area contributed by atoms with E-state index in [1.807, 2.05) is 0 Å². The summed E-state index contributed by atoms with van der Waals surface area (Å²) in [4.78, 5) is 0. The topological polar surface area (TPSA) is 9.23 Å². The molecule has 3 rings (SSSR count).